The maximum Gasteiger partial charge on any atom is 0.254 e. The molecule has 0 atom stereocenters. The van der Waals surface area contributed by atoms with Gasteiger partial charge in [-0.1, -0.05) is 12.8 Å². The van der Waals surface area contributed by atoms with Gasteiger partial charge in [0.1, 0.15) is 0 Å². The zero-order chi connectivity index (χ0) is 15.3. The molecule has 0 unspecified atom stereocenters. The molecule has 1 aliphatic carbocycles. The first kappa shape index (κ1) is 16.1. The van der Waals surface area contributed by atoms with Crippen LogP contribution < -0.4 is 10.6 Å². The molecule has 1 aliphatic rings. The molecule has 116 valence electrons. The number of nitrogens with zero attached hydrogens (tertiary/aromatic N) is 1. The topological polar surface area (TPSA) is 54.0 Å². The van der Waals surface area contributed by atoms with E-state index in [2.05, 4.69) is 21.9 Å². The Balaban J connectivity index is 2.05. The van der Waals surface area contributed by atoms with Gasteiger partial charge in [0.05, 0.1) is 5.56 Å². The number of hydrogen-bond donors (Lipinski definition) is 2. The second kappa shape index (κ2) is 7.11. The Morgan fingerprint density at radius 2 is 2.19 bits per heavy atom. The van der Waals surface area contributed by atoms with Gasteiger partial charge in [0.2, 0.25) is 0 Å². The molecule has 21 heavy (non-hydrogen) atoms. The van der Waals surface area contributed by atoms with Crippen LogP contribution in [0.25, 0.3) is 0 Å². The lowest BCUT2D eigenvalue weighted by Gasteiger charge is -2.27. The Kier molecular flexibility index (Phi) is 5.45. The molecule has 1 saturated carbocycles. The highest BCUT2D eigenvalue weighted by Gasteiger charge is 2.33. The van der Waals surface area contributed by atoms with Crippen molar-refractivity contribution >= 4 is 23.5 Å². The second-order valence-corrected chi connectivity index (χ2v) is 6.60. The number of anilines is 1. The van der Waals surface area contributed by atoms with Crippen LogP contribution >= 0.6 is 11.8 Å². The predicted octanol–water partition coefficient (Wildman–Crippen LogP) is 3.06. The van der Waals surface area contributed by atoms with Gasteiger partial charge in [-0.3, -0.25) is 4.79 Å². The lowest BCUT2D eigenvalue weighted by Crippen LogP contribution is -2.38. The van der Waals surface area contributed by atoms with Crippen molar-refractivity contribution in [3.8, 4) is 0 Å². The Morgan fingerprint density at radius 3 is 2.81 bits per heavy atom. The molecule has 4 nitrogen and oxygen atoms in total. The minimum atomic E-state index is -0.582. The summed E-state index contributed by atoms with van der Waals surface area (Å²) in [5.41, 5.74) is 0.0511. The highest BCUT2D eigenvalue weighted by Crippen LogP contribution is 2.39. The Labute approximate surface area is 129 Å². The molecule has 0 spiro atoms. The molecule has 0 aliphatic heterocycles. The zero-order valence-corrected chi connectivity index (χ0v) is 13.4. The van der Waals surface area contributed by atoms with Crippen molar-refractivity contribution in [2.75, 3.05) is 24.7 Å². The van der Waals surface area contributed by atoms with Crippen LogP contribution in [-0.2, 0) is 0 Å². The van der Waals surface area contributed by atoms with Gasteiger partial charge in [-0.25, -0.2) is 9.37 Å². The van der Waals surface area contributed by atoms with Gasteiger partial charge >= 0.3 is 0 Å². The number of pyridine rings is 1. The molecule has 1 heterocycles. The van der Waals surface area contributed by atoms with Crippen molar-refractivity contribution in [1.29, 1.82) is 0 Å². The molecule has 0 bridgehead atoms. The fourth-order valence-corrected chi connectivity index (χ4v) is 3.63. The summed E-state index contributed by atoms with van der Waals surface area (Å²) in [5.74, 6) is -0.818. The third-order valence-electron chi connectivity index (χ3n) is 4.00. The Morgan fingerprint density at radius 1 is 1.48 bits per heavy atom. The summed E-state index contributed by atoms with van der Waals surface area (Å²) in [6.07, 6.45) is 8.14. The van der Waals surface area contributed by atoms with Gasteiger partial charge in [-0.2, -0.15) is 11.8 Å². The lowest BCUT2D eigenvalue weighted by atomic mass is 10.1. The summed E-state index contributed by atoms with van der Waals surface area (Å²) in [5, 5.41) is 5.70. The largest absolute Gasteiger partial charge is 0.368 e. The van der Waals surface area contributed by atoms with E-state index in [1.54, 1.807) is 11.8 Å². The number of carbonyl (C=O) groups is 1. The van der Waals surface area contributed by atoms with Crippen LogP contribution in [0.15, 0.2) is 12.3 Å². The lowest BCUT2D eigenvalue weighted by molar-refractivity contribution is 0.0945. The quantitative estimate of drug-likeness (QED) is 0.848. The van der Waals surface area contributed by atoms with Crippen molar-refractivity contribution in [2.45, 2.75) is 37.4 Å². The molecule has 1 amide bonds. The molecule has 2 N–H and O–H groups in total. The normalized spacial score (nSPS) is 16.7. The summed E-state index contributed by atoms with van der Waals surface area (Å²) >= 11 is 1.80. The van der Waals surface area contributed by atoms with E-state index in [9.17, 15) is 9.18 Å². The molecule has 1 aromatic heterocycles. The van der Waals surface area contributed by atoms with Gasteiger partial charge in [0.15, 0.2) is 11.6 Å². The molecule has 2 rings (SSSR count). The van der Waals surface area contributed by atoms with Crippen molar-refractivity contribution in [2.24, 2.45) is 0 Å². The third-order valence-corrected chi connectivity index (χ3v) is 5.42. The van der Waals surface area contributed by atoms with Crippen LogP contribution in [0.3, 0.4) is 0 Å². The summed E-state index contributed by atoms with van der Waals surface area (Å²) in [6, 6.07) is 1.42. The average molecular weight is 311 g/mol. The Hall–Kier alpha value is -1.30. The first-order valence-corrected chi connectivity index (χ1v) is 8.56. The van der Waals surface area contributed by atoms with Crippen molar-refractivity contribution in [3.63, 3.8) is 0 Å². The summed E-state index contributed by atoms with van der Waals surface area (Å²) < 4.78 is 14.3. The maximum absolute atomic E-state index is 14.2. The number of carbonyl (C=O) groups excluding carboxylic acids is 1. The zero-order valence-electron chi connectivity index (χ0n) is 12.5. The third kappa shape index (κ3) is 3.67. The average Bonchev–Trinajstić information content (AvgIpc) is 2.97. The number of aromatic nitrogens is 1. The van der Waals surface area contributed by atoms with Crippen LogP contribution in [0.4, 0.5) is 10.2 Å². The second-order valence-electron chi connectivity index (χ2n) is 5.33. The van der Waals surface area contributed by atoms with Crippen LogP contribution in [0, 0.1) is 5.82 Å². The van der Waals surface area contributed by atoms with E-state index in [0.717, 1.165) is 12.8 Å². The van der Waals surface area contributed by atoms with Crippen LogP contribution in [0.2, 0.25) is 0 Å². The van der Waals surface area contributed by atoms with Gasteiger partial charge in [-0.15, -0.1) is 0 Å². The SMILES string of the molecule is CCNc1nccc(C(=O)NCC2(SC)CCCC2)c1F. The summed E-state index contributed by atoms with van der Waals surface area (Å²) in [6.45, 7) is 3.01. The van der Waals surface area contributed by atoms with E-state index in [0.29, 0.717) is 13.1 Å². The number of halogens is 1. The van der Waals surface area contributed by atoms with E-state index in [1.807, 2.05) is 6.92 Å². The molecular weight excluding hydrogens is 289 g/mol. The van der Waals surface area contributed by atoms with Crippen molar-refractivity contribution in [3.05, 3.63) is 23.6 Å². The van der Waals surface area contributed by atoms with Crippen molar-refractivity contribution < 1.29 is 9.18 Å². The number of amides is 1. The number of hydrogen-bond acceptors (Lipinski definition) is 4. The minimum Gasteiger partial charge on any atom is -0.368 e. The molecule has 6 heteroatoms. The molecule has 1 fully saturated rings. The fourth-order valence-electron chi connectivity index (χ4n) is 2.72. The summed E-state index contributed by atoms with van der Waals surface area (Å²) in [4.78, 5) is 16.1. The minimum absolute atomic E-state index is 0.0511. The highest BCUT2D eigenvalue weighted by atomic mass is 32.2. The van der Waals surface area contributed by atoms with Gasteiger partial charge in [0, 0.05) is 24.0 Å². The first-order chi connectivity index (χ1) is 10.1. The fraction of sp³-hybridized carbons (Fsp3) is 0.600. The number of thioether (sulfide) groups is 1. The van der Waals surface area contributed by atoms with Crippen LogP contribution in [0.1, 0.15) is 43.0 Å². The molecule has 0 aromatic carbocycles. The van der Waals surface area contributed by atoms with Gasteiger partial charge < -0.3 is 10.6 Å². The van der Waals surface area contributed by atoms with E-state index in [-0.39, 0.29) is 22.0 Å². The van der Waals surface area contributed by atoms with Gasteiger partial charge in [0.25, 0.3) is 5.91 Å². The standard InChI is InChI=1S/C15H22FN3OS/c1-3-17-13-12(16)11(6-9-18-13)14(20)19-10-15(21-2)7-4-5-8-15/h6,9H,3-5,7-8,10H2,1-2H3,(H,17,18)(H,19,20). The van der Waals surface area contributed by atoms with E-state index in [1.165, 1.54) is 25.1 Å². The molecular formula is C15H22FN3OS. The van der Waals surface area contributed by atoms with E-state index < -0.39 is 5.82 Å². The predicted molar refractivity (Wildman–Crippen MR) is 85.4 cm³/mol. The number of nitrogens with one attached hydrogen (secondary N) is 2. The van der Waals surface area contributed by atoms with Crippen molar-refractivity contribution in [1.82, 2.24) is 10.3 Å². The molecule has 0 radical (unpaired) electrons. The maximum atomic E-state index is 14.2. The molecule has 1 aromatic rings. The monoisotopic (exact) mass is 311 g/mol. The Bertz CT molecular complexity index is 504. The smallest absolute Gasteiger partial charge is 0.254 e. The van der Waals surface area contributed by atoms with Crippen LogP contribution in [0.5, 0.6) is 0 Å². The first-order valence-electron chi connectivity index (χ1n) is 7.33. The number of rotatable bonds is 6. The van der Waals surface area contributed by atoms with Gasteiger partial charge in [-0.05, 0) is 32.1 Å². The highest BCUT2D eigenvalue weighted by molar-refractivity contribution is 8.00. The van der Waals surface area contributed by atoms with E-state index >= 15 is 0 Å². The molecule has 0 saturated heterocycles. The van der Waals surface area contributed by atoms with E-state index in [4.69, 9.17) is 0 Å². The summed E-state index contributed by atoms with van der Waals surface area (Å²) in [7, 11) is 0. The van der Waals surface area contributed by atoms with Crippen LogP contribution in [-0.4, -0.2) is 35.0 Å².